The molecule has 7 heteroatoms. The van der Waals surface area contributed by atoms with Gasteiger partial charge in [0.1, 0.15) is 5.75 Å². The van der Waals surface area contributed by atoms with Crippen molar-refractivity contribution < 1.29 is 22.3 Å². The quantitative estimate of drug-likeness (QED) is 0.690. The third-order valence-corrected chi connectivity index (χ3v) is 3.34. The van der Waals surface area contributed by atoms with Gasteiger partial charge >= 0.3 is 0 Å². The van der Waals surface area contributed by atoms with E-state index >= 15 is 0 Å². The number of hydrogen-bond donors (Lipinski definition) is 0. The molecule has 0 fully saturated rings. The molecule has 0 amide bonds. The van der Waals surface area contributed by atoms with Crippen molar-refractivity contribution in [3.8, 4) is 5.75 Å². The molecule has 0 aromatic heterocycles. The van der Waals surface area contributed by atoms with Crippen molar-refractivity contribution in [2.45, 2.75) is 13.2 Å². The van der Waals surface area contributed by atoms with Crippen LogP contribution in [-0.4, -0.2) is 27.0 Å². The highest BCUT2D eigenvalue weighted by atomic mass is 32.2. The molecule has 0 N–H and O–H groups in total. The predicted molar refractivity (Wildman–Crippen MR) is 85.7 cm³/mol. The summed E-state index contributed by atoms with van der Waals surface area (Å²) in [5, 5.41) is 0.967. The molecule has 0 heterocycles. The van der Waals surface area contributed by atoms with Crippen LogP contribution in [0.25, 0.3) is 0 Å². The van der Waals surface area contributed by atoms with E-state index in [1.807, 2.05) is 42.5 Å². The molecule has 0 atom stereocenters. The van der Waals surface area contributed by atoms with Crippen molar-refractivity contribution >= 4 is 10.1 Å². The van der Waals surface area contributed by atoms with E-state index in [1.54, 1.807) is 19.2 Å². The Morgan fingerprint density at radius 3 is 2.17 bits per heavy atom. The fourth-order valence-corrected chi connectivity index (χ4v) is 2.24. The van der Waals surface area contributed by atoms with E-state index < -0.39 is 10.1 Å². The third-order valence-electron chi connectivity index (χ3n) is 2.91. The molecule has 0 radical (unpaired) electrons. The molecule has 2 aromatic rings. The highest BCUT2D eigenvalue weighted by Crippen LogP contribution is 2.14. The largest absolute Gasteiger partial charge is 0.497 e. The summed E-state index contributed by atoms with van der Waals surface area (Å²) >= 11 is 0. The van der Waals surface area contributed by atoms with Gasteiger partial charge in [0.15, 0.2) is 0 Å². The van der Waals surface area contributed by atoms with Gasteiger partial charge in [-0.3, -0.25) is 4.84 Å². The summed E-state index contributed by atoms with van der Waals surface area (Å²) in [4.78, 5) is 5.47. The molecular weight excluding hydrogens is 318 g/mol. The summed E-state index contributed by atoms with van der Waals surface area (Å²) in [6.07, 6.45) is 0.974. The molecule has 2 aromatic carbocycles. The van der Waals surface area contributed by atoms with Crippen molar-refractivity contribution in [2.24, 2.45) is 0 Å². The average Bonchev–Trinajstić information content (AvgIpc) is 2.53. The SMILES string of the molecule is COc1ccc(CON(Cc2ccccc2)OS(C)(=O)=O)cc1. The van der Waals surface area contributed by atoms with E-state index in [4.69, 9.17) is 13.9 Å². The highest BCUT2D eigenvalue weighted by molar-refractivity contribution is 7.85. The van der Waals surface area contributed by atoms with Gasteiger partial charge < -0.3 is 4.74 Å². The normalized spacial score (nSPS) is 11.6. The Morgan fingerprint density at radius 2 is 1.61 bits per heavy atom. The van der Waals surface area contributed by atoms with Crippen LogP contribution >= 0.6 is 0 Å². The van der Waals surface area contributed by atoms with E-state index in [1.165, 1.54) is 0 Å². The average molecular weight is 337 g/mol. The van der Waals surface area contributed by atoms with Gasteiger partial charge in [-0.15, -0.1) is 0 Å². The second-order valence-corrected chi connectivity index (χ2v) is 6.43. The lowest BCUT2D eigenvalue weighted by molar-refractivity contribution is -0.329. The van der Waals surface area contributed by atoms with Crippen molar-refractivity contribution in [3.63, 3.8) is 0 Å². The van der Waals surface area contributed by atoms with Gasteiger partial charge in [-0.05, 0) is 28.5 Å². The van der Waals surface area contributed by atoms with Gasteiger partial charge in [0.25, 0.3) is 10.1 Å². The molecule has 0 saturated carbocycles. The van der Waals surface area contributed by atoms with Gasteiger partial charge in [-0.2, -0.15) is 12.7 Å². The maximum absolute atomic E-state index is 11.4. The lowest BCUT2D eigenvalue weighted by Gasteiger charge is -2.19. The Bertz CT molecular complexity index is 701. The number of rotatable bonds is 8. The van der Waals surface area contributed by atoms with Crippen LogP contribution in [0.4, 0.5) is 0 Å². The van der Waals surface area contributed by atoms with Gasteiger partial charge in [0.05, 0.1) is 26.5 Å². The lowest BCUT2D eigenvalue weighted by Crippen LogP contribution is -2.27. The molecule has 23 heavy (non-hydrogen) atoms. The van der Waals surface area contributed by atoms with Crippen LogP contribution < -0.4 is 4.74 Å². The summed E-state index contributed by atoms with van der Waals surface area (Å²) in [5.41, 5.74) is 1.73. The van der Waals surface area contributed by atoms with Crippen LogP contribution in [-0.2, 0) is 32.4 Å². The van der Waals surface area contributed by atoms with Crippen LogP contribution in [0, 0.1) is 0 Å². The molecule has 124 valence electrons. The minimum atomic E-state index is -3.68. The number of hydrogen-bond acceptors (Lipinski definition) is 6. The van der Waals surface area contributed by atoms with Gasteiger partial charge in [-0.1, -0.05) is 42.5 Å². The lowest BCUT2D eigenvalue weighted by atomic mass is 10.2. The van der Waals surface area contributed by atoms with Crippen molar-refractivity contribution in [1.29, 1.82) is 0 Å². The summed E-state index contributed by atoms with van der Waals surface area (Å²) < 4.78 is 32.7. The maximum Gasteiger partial charge on any atom is 0.282 e. The zero-order chi connectivity index (χ0) is 16.7. The number of hydroxylamine groups is 2. The van der Waals surface area contributed by atoms with E-state index in [0.717, 1.165) is 28.4 Å². The Kier molecular flexibility index (Phi) is 6.12. The van der Waals surface area contributed by atoms with E-state index in [-0.39, 0.29) is 13.2 Å². The number of methoxy groups -OCH3 is 1. The zero-order valence-corrected chi connectivity index (χ0v) is 13.8. The Hall–Kier alpha value is -1.93. The van der Waals surface area contributed by atoms with E-state index in [9.17, 15) is 8.42 Å². The summed E-state index contributed by atoms with van der Waals surface area (Å²) in [7, 11) is -2.09. The summed E-state index contributed by atoms with van der Waals surface area (Å²) in [6, 6.07) is 16.6. The van der Waals surface area contributed by atoms with Crippen LogP contribution in [0.3, 0.4) is 0 Å². The monoisotopic (exact) mass is 337 g/mol. The molecular formula is C16H19NO5S. The van der Waals surface area contributed by atoms with Crippen LogP contribution in [0.15, 0.2) is 54.6 Å². The van der Waals surface area contributed by atoms with Crippen molar-refractivity contribution in [2.75, 3.05) is 13.4 Å². The number of benzene rings is 2. The zero-order valence-electron chi connectivity index (χ0n) is 13.0. The van der Waals surface area contributed by atoms with E-state index in [0.29, 0.717) is 0 Å². The fourth-order valence-electron chi connectivity index (χ4n) is 1.85. The minimum Gasteiger partial charge on any atom is -0.497 e. The minimum absolute atomic E-state index is 0.173. The molecule has 0 aliphatic rings. The Labute approximate surface area is 136 Å². The first-order chi connectivity index (χ1) is 11.0. The van der Waals surface area contributed by atoms with Crippen LogP contribution in [0.5, 0.6) is 5.75 Å². The van der Waals surface area contributed by atoms with Crippen LogP contribution in [0.1, 0.15) is 11.1 Å². The highest BCUT2D eigenvalue weighted by Gasteiger charge is 2.14. The molecule has 0 aliphatic heterocycles. The summed E-state index contributed by atoms with van der Waals surface area (Å²) in [5.74, 6) is 0.738. The van der Waals surface area contributed by atoms with Gasteiger partial charge in [-0.25, -0.2) is 0 Å². The van der Waals surface area contributed by atoms with Gasteiger partial charge in [0, 0.05) is 0 Å². The van der Waals surface area contributed by atoms with Crippen molar-refractivity contribution in [3.05, 3.63) is 65.7 Å². The third kappa shape index (κ3) is 6.37. The van der Waals surface area contributed by atoms with E-state index in [2.05, 4.69) is 0 Å². The first-order valence-electron chi connectivity index (χ1n) is 6.93. The van der Waals surface area contributed by atoms with Gasteiger partial charge in [0.2, 0.25) is 0 Å². The first-order valence-corrected chi connectivity index (χ1v) is 8.75. The van der Waals surface area contributed by atoms with Crippen LogP contribution in [0.2, 0.25) is 0 Å². The maximum atomic E-state index is 11.4. The number of nitrogens with zero attached hydrogens (tertiary/aromatic N) is 1. The number of ether oxygens (including phenoxy) is 1. The smallest absolute Gasteiger partial charge is 0.282 e. The first kappa shape index (κ1) is 17.4. The molecule has 0 spiro atoms. The molecule has 0 bridgehead atoms. The Morgan fingerprint density at radius 1 is 0.957 bits per heavy atom. The topological polar surface area (TPSA) is 65.1 Å². The van der Waals surface area contributed by atoms with Crippen molar-refractivity contribution in [1.82, 2.24) is 5.23 Å². The molecule has 0 unspecified atom stereocenters. The molecule has 6 nitrogen and oxygen atoms in total. The fraction of sp³-hybridized carbons (Fsp3) is 0.250. The molecule has 0 saturated heterocycles. The predicted octanol–water partition coefficient (Wildman–Crippen LogP) is 2.52. The summed E-state index contributed by atoms with van der Waals surface area (Å²) in [6.45, 7) is 0.358. The molecule has 2 rings (SSSR count). The second-order valence-electron chi connectivity index (χ2n) is 4.88. The Balaban J connectivity index is 2.01. The second kappa shape index (κ2) is 8.07. The standard InChI is InChI=1S/C16H19NO5S/c1-20-16-10-8-15(9-11-16)13-21-17(22-23(2,18)19)12-14-6-4-3-5-7-14/h3-11H,12-13H2,1-2H3. The molecule has 0 aliphatic carbocycles.